The predicted octanol–water partition coefficient (Wildman–Crippen LogP) is 7.07. The number of pyridine rings is 1. The molecule has 0 fully saturated rings. The number of ether oxygens (including phenoxy) is 1. The van der Waals surface area contributed by atoms with Gasteiger partial charge in [0, 0.05) is 23.6 Å². The van der Waals surface area contributed by atoms with Crippen LogP contribution in [0.3, 0.4) is 0 Å². The Labute approximate surface area is 226 Å². The van der Waals surface area contributed by atoms with Crippen LogP contribution in [0.2, 0.25) is 0 Å². The van der Waals surface area contributed by atoms with Gasteiger partial charge in [-0.3, -0.25) is 0 Å². The highest BCUT2D eigenvalue weighted by Gasteiger charge is 2.31. The van der Waals surface area contributed by atoms with Gasteiger partial charge in [0.2, 0.25) is 5.88 Å². The Hall–Kier alpha value is -4.11. The molecule has 9 heteroatoms. The summed E-state index contributed by atoms with van der Waals surface area (Å²) in [5, 5.41) is 18.8. The molecule has 0 aliphatic heterocycles. The summed E-state index contributed by atoms with van der Waals surface area (Å²) in [5.74, 6) is 1.93. The van der Waals surface area contributed by atoms with Gasteiger partial charge in [-0.1, -0.05) is 99.7 Å². The lowest BCUT2D eigenvalue weighted by atomic mass is 9.83. The molecular formula is C29H31N7OS. The Morgan fingerprint density at radius 3 is 2.42 bits per heavy atom. The monoisotopic (exact) mass is 525 g/mol. The number of nitrogens with zero attached hydrogens (tertiary/aromatic N) is 5. The Bertz CT molecular complexity index is 1510. The first kappa shape index (κ1) is 25.5. The van der Waals surface area contributed by atoms with Crippen molar-refractivity contribution in [2.24, 2.45) is 0 Å². The standard InChI is InChI=1S/C29H31N7OS/c1-28(2,3)20-14-9-10-16-22(20)37-26-21(15-11-17-30-26)31-27-32-25(24(38-27)19-12-7-6-8-13-19)29(4,5)18-23-33-35-36-34-23/h6-17H,18H2,1-5H3,(H,31,32)(H,33,34,35,36). The average molecular weight is 526 g/mol. The van der Waals surface area contributed by atoms with Gasteiger partial charge in [-0.15, -0.1) is 10.2 Å². The quantitative estimate of drug-likeness (QED) is 0.223. The minimum absolute atomic E-state index is 0.0714. The molecule has 0 unspecified atom stereocenters. The molecule has 0 aliphatic rings. The summed E-state index contributed by atoms with van der Waals surface area (Å²) >= 11 is 1.60. The molecule has 8 nitrogen and oxygen atoms in total. The number of H-pyrrole nitrogens is 1. The maximum Gasteiger partial charge on any atom is 0.243 e. The van der Waals surface area contributed by atoms with Crippen LogP contribution in [0.5, 0.6) is 11.6 Å². The number of rotatable bonds is 8. The predicted molar refractivity (Wildman–Crippen MR) is 151 cm³/mol. The van der Waals surface area contributed by atoms with Crippen molar-refractivity contribution in [3.8, 4) is 22.1 Å². The minimum Gasteiger partial charge on any atom is -0.437 e. The highest BCUT2D eigenvalue weighted by Crippen LogP contribution is 2.42. The number of aromatic nitrogens is 6. The van der Waals surface area contributed by atoms with Gasteiger partial charge in [0.1, 0.15) is 11.4 Å². The van der Waals surface area contributed by atoms with Gasteiger partial charge in [-0.05, 0) is 29.2 Å². The van der Waals surface area contributed by atoms with Gasteiger partial charge < -0.3 is 10.1 Å². The first-order chi connectivity index (χ1) is 18.2. The van der Waals surface area contributed by atoms with Crippen molar-refractivity contribution in [3.05, 3.63) is 90.0 Å². The molecule has 3 aromatic heterocycles. The van der Waals surface area contributed by atoms with E-state index in [1.54, 1.807) is 17.5 Å². The number of tetrazole rings is 1. The van der Waals surface area contributed by atoms with E-state index in [2.05, 4.69) is 83.7 Å². The van der Waals surface area contributed by atoms with Crippen LogP contribution in [0.15, 0.2) is 72.9 Å². The Balaban J connectivity index is 1.50. The van der Waals surface area contributed by atoms with Gasteiger partial charge in [0.05, 0.1) is 10.6 Å². The van der Waals surface area contributed by atoms with Gasteiger partial charge in [-0.2, -0.15) is 5.21 Å². The van der Waals surface area contributed by atoms with Crippen molar-refractivity contribution < 1.29 is 4.74 Å². The van der Waals surface area contributed by atoms with Crippen LogP contribution in [-0.4, -0.2) is 30.6 Å². The molecule has 5 aromatic rings. The molecule has 0 spiro atoms. The Morgan fingerprint density at radius 1 is 0.921 bits per heavy atom. The summed E-state index contributed by atoms with van der Waals surface area (Å²) in [6.07, 6.45) is 2.33. The number of nitrogens with one attached hydrogen (secondary N) is 2. The van der Waals surface area contributed by atoms with Crippen molar-refractivity contribution in [1.82, 2.24) is 30.6 Å². The molecule has 3 heterocycles. The molecule has 0 amide bonds. The van der Waals surface area contributed by atoms with Crippen LogP contribution < -0.4 is 10.1 Å². The molecule has 5 rings (SSSR count). The van der Waals surface area contributed by atoms with Crippen molar-refractivity contribution in [2.75, 3.05) is 5.32 Å². The van der Waals surface area contributed by atoms with Crippen LogP contribution in [0.1, 0.15) is 51.7 Å². The number of para-hydroxylation sites is 1. The van der Waals surface area contributed by atoms with Crippen molar-refractivity contribution in [3.63, 3.8) is 0 Å². The first-order valence-corrected chi connectivity index (χ1v) is 13.3. The van der Waals surface area contributed by atoms with E-state index in [9.17, 15) is 0 Å². The fourth-order valence-electron chi connectivity index (χ4n) is 4.32. The van der Waals surface area contributed by atoms with Crippen LogP contribution >= 0.6 is 11.3 Å². The zero-order chi connectivity index (χ0) is 26.8. The topological polar surface area (TPSA) is 101 Å². The summed E-state index contributed by atoms with van der Waals surface area (Å²) in [7, 11) is 0. The second-order valence-electron chi connectivity index (χ2n) is 10.8. The molecule has 0 radical (unpaired) electrons. The van der Waals surface area contributed by atoms with Crippen molar-refractivity contribution >= 4 is 22.2 Å². The van der Waals surface area contributed by atoms with E-state index in [0.717, 1.165) is 38.3 Å². The lowest BCUT2D eigenvalue weighted by Crippen LogP contribution is -2.23. The SMILES string of the molecule is CC(C)(C)c1ccccc1Oc1ncccc1Nc1nc(C(C)(C)Cc2nn[nH]n2)c(-c2ccccc2)s1. The van der Waals surface area contributed by atoms with Gasteiger partial charge in [0.25, 0.3) is 0 Å². The number of anilines is 2. The molecule has 2 aromatic carbocycles. The highest BCUT2D eigenvalue weighted by molar-refractivity contribution is 7.19. The van der Waals surface area contributed by atoms with E-state index in [0.29, 0.717) is 18.1 Å². The third-order valence-corrected chi connectivity index (χ3v) is 7.23. The Kier molecular flexibility index (Phi) is 6.94. The largest absolute Gasteiger partial charge is 0.437 e. The number of hydrogen-bond donors (Lipinski definition) is 2. The van der Waals surface area contributed by atoms with E-state index < -0.39 is 0 Å². The van der Waals surface area contributed by atoms with Crippen molar-refractivity contribution in [2.45, 2.75) is 51.9 Å². The maximum absolute atomic E-state index is 6.37. The van der Waals surface area contributed by atoms with Crippen LogP contribution in [0, 0.1) is 0 Å². The summed E-state index contributed by atoms with van der Waals surface area (Å²) in [6, 6.07) is 22.2. The van der Waals surface area contributed by atoms with Crippen LogP contribution in [-0.2, 0) is 17.3 Å². The molecule has 0 saturated heterocycles. The maximum atomic E-state index is 6.37. The normalized spacial score (nSPS) is 11.9. The summed E-state index contributed by atoms with van der Waals surface area (Å²) in [5.41, 5.74) is 3.51. The molecule has 0 atom stereocenters. The molecule has 0 bridgehead atoms. The number of hydrogen-bond acceptors (Lipinski definition) is 8. The van der Waals surface area contributed by atoms with E-state index in [-0.39, 0.29) is 10.8 Å². The molecule has 2 N–H and O–H groups in total. The van der Waals surface area contributed by atoms with Gasteiger partial charge in [0.15, 0.2) is 11.0 Å². The fraction of sp³-hybridized carbons (Fsp3) is 0.276. The summed E-state index contributed by atoms with van der Waals surface area (Å²) in [4.78, 5) is 10.7. The number of benzene rings is 2. The molecular weight excluding hydrogens is 494 g/mol. The van der Waals surface area contributed by atoms with Gasteiger partial charge >= 0.3 is 0 Å². The molecule has 0 saturated carbocycles. The van der Waals surface area contributed by atoms with E-state index >= 15 is 0 Å². The average Bonchev–Trinajstić information content (AvgIpc) is 3.56. The zero-order valence-corrected chi connectivity index (χ0v) is 23.0. The summed E-state index contributed by atoms with van der Waals surface area (Å²) in [6.45, 7) is 10.8. The van der Waals surface area contributed by atoms with E-state index in [1.165, 1.54) is 0 Å². The summed E-state index contributed by atoms with van der Waals surface area (Å²) < 4.78 is 6.37. The number of thiazole rings is 1. The smallest absolute Gasteiger partial charge is 0.243 e. The Morgan fingerprint density at radius 2 is 1.68 bits per heavy atom. The molecule has 194 valence electrons. The van der Waals surface area contributed by atoms with E-state index in [1.807, 2.05) is 48.5 Å². The molecule has 38 heavy (non-hydrogen) atoms. The first-order valence-electron chi connectivity index (χ1n) is 12.5. The third-order valence-electron chi connectivity index (χ3n) is 6.21. The lowest BCUT2D eigenvalue weighted by molar-refractivity contribution is 0.442. The third kappa shape index (κ3) is 5.57. The fourth-order valence-corrected chi connectivity index (χ4v) is 5.48. The second-order valence-corrected chi connectivity index (χ2v) is 11.8. The van der Waals surface area contributed by atoms with Gasteiger partial charge in [-0.25, -0.2) is 9.97 Å². The molecule has 0 aliphatic carbocycles. The minimum atomic E-state index is -0.342. The zero-order valence-electron chi connectivity index (χ0n) is 22.2. The van der Waals surface area contributed by atoms with E-state index in [4.69, 9.17) is 9.72 Å². The lowest BCUT2D eigenvalue weighted by Gasteiger charge is -2.23. The van der Waals surface area contributed by atoms with Crippen LogP contribution in [0.4, 0.5) is 10.8 Å². The van der Waals surface area contributed by atoms with Crippen LogP contribution in [0.25, 0.3) is 10.4 Å². The van der Waals surface area contributed by atoms with Crippen molar-refractivity contribution in [1.29, 1.82) is 0 Å². The highest BCUT2D eigenvalue weighted by atomic mass is 32.1. The second kappa shape index (κ2) is 10.3. The number of aromatic amines is 1.